The minimum Gasteiger partial charge on any atom is -0.494 e. The molecule has 1 aromatic rings. The van der Waals surface area contributed by atoms with Gasteiger partial charge < -0.3 is 4.74 Å². The molecule has 0 N–H and O–H groups in total. The lowest BCUT2D eigenvalue weighted by Crippen LogP contribution is -1.93. The highest BCUT2D eigenvalue weighted by Gasteiger charge is 1.86. The Bertz CT molecular complexity index is 174. The monoisotopic (exact) mass is 172 g/mol. The molecule has 0 atom stereocenters. The van der Waals surface area contributed by atoms with Crippen molar-refractivity contribution in [2.24, 2.45) is 0 Å². The zero-order valence-corrected chi connectivity index (χ0v) is 7.43. The van der Waals surface area contributed by atoms with Crippen LogP contribution in [0.1, 0.15) is 13.3 Å². The van der Waals surface area contributed by atoms with Crippen LogP contribution >= 0.6 is 12.4 Å². The molecule has 1 nitrogen and oxygen atoms in total. The minimum absolute atomic E-state index is 0. The van der Waals surface area contributed by atoms with Crippen LogP contribution in [-0.2, 0) is 0 Å². The van der Waals surface area contributed by atoms with Crippen LogP contribution in [0.4, 0.5) is 0 Å². The molecule has 0 spiro atoms. The van der Waals surface area contributed by atoms with Crippen LogP contribution in [0.2, 0.25) is 0 Å². The number of halogens is 1. The van der Waals surface area contributed by atoms with E-state index >= 15 is 0 Å². The van der Waals surface area contributed by atoms with Gasteiger partial charge in [-0.1, -0.05) is 25.1 Å². The van der Waals surface area contributed by atoms with E-state index in [1.807, 2.05) is 30.3 Å². The molecule has 62 valence electrons. The summed E-state index contributed by atoms with van der Waals surface area (Å²) in [5, 5.41) is 0. The molecule has 0 aromatic heterocycles. The van der Waals surface area contributed by atoms with Crippen LogP contribution in [-0.4, -0.2) is 6.61 Å². The fourth-order valence-electron chi connectivity index (χ4n) is 0.737. The molecule has 0 aliphatic heterocycles. The summed E-state index contributed by atoms with van der Waals surface area (Å²) in [7, 11) is 0. The number of para-hydroxylation sites is 1. The van der Waals surface area contributed by atoms with Gasteiger partial charge in [-0.05, 0) is 18.6 Å². The first-order chi connectivity index (χ1) is 4.93. The van der Waals surface area contributed by atoms with Crippen LogP contribution in [0.25, 0.3) is 0 Å². The van der Waals surface area contributed by atoms with Gasteiger partial charge in [-0.2, -0.15) is 0 Å². The Hall–Kier alpha value is -0.690. The third kappa shape index (κ3) is 3.89. The third-order valence-electron chi connectivity index (χ3n) is 1.22. The van der Waals surface area contributed by atoms with E-state index in [0.717, 1.165) is 18.8 Å². The van der Waals surface area contributed by atoms with Crippen molar-refractivity contribution in [3.63, 3.8) is 0 Å². The van der Waals surface area contributed by atoms with Gasteiger partial charge in [0.1, 0.15) is 5.75 Å². The van der Waals surface area contributed by atoms with E-state index in [4.69, 9.17) is 4.74 Å². The summed E-state index contributed by atoms with van der Waals surface area (Å²) in [5.74, 6) is 0.962. The van der Waals surface area contributed by atoms with Gasteiger partial charge in [0.15, 0.2) is 0 Å². The number of ether oxygens (including phenoxy) is 1. The van der Waals surface area contributed by atoms with Crippen molar-refractivity contribution in [3.8, 4) is 5.75 Å². The molecule has 11 heavy (non-hydrogen) atoms. The Labute approximate surface area is 73.8 Å². The highest BCUT2D eigenvalue weighted by atomic mass is 35.5. The van der Waals surface area contributed by atoms with Crippen LogP contribution in [0.3, 0.4) is 0 Å². The molecule has 0 aliphatic carbocycles. The lowest BCUT2D eigenvalue weighted by Gasteiger charge is -2.01. The van der Waals surface area contributed by atoms with Crippen LogP contribution in [0, 0.1) is 0 Å². The molecule has 0 amide bonds. The Balaban J connectivity index is 0.000001000. The largest absolute Gasteiger partial charge is 0.494 e. The van der Waals surface area contributed by atoms with E-state index < -0.39 is 0 Å². The number of rotatable bonds is 3. The quantitative estimate of drug-likeness (QED) is 0.682. The molecule has 1 rings (SSSR count). The van der Waals surface area contributed by atoms with E-state index in [0.29, 0.717) is 0 Å². The van der Waals surface area contributed by atoms with Crippen molar-refractivity contribution in [3.05, 3.63) is 30.3 Å². The highest BCUT2D eigenvalue weighted by Crippen LogP contribution is 2.07. The van der Waals surface area contributed by atoms with Gasteiger partial charge >= 0.3 is 0 Å². The Morgan fingerprint density at radius 3 is 2.36 bits per heavy atom. The second-order valence-electron chi connectivity index (χ2n) is 2.16. The van der Waals surface area contributed by atoms with Gasteiger partial charge in [-0.15, -0.1) is 12.4 Å². The lowest BCUT2D eigenvalue weighted by atomic mass is 10.3. The van der Waals surface area contributed by atoms with Gasteiger partial charge in [-0.3, -0.25) is 0 Å². The van der Waals surface area contributed by atoms with Crippen LogP contribution in [0.5, 0.6) is 5.75 Å². The molecule has 0 saturated heterocycles. The average Bonchev–Trinajstić information content (AvgIpc) is 2.03. The summed E-state index contributed by atoms with van der Waals surface area (Å²) in [6, 6.07) is 9.88. The molecule has 0 saturated carbocycles. The highest BCUT2D eigenvalue weighted by molar-refractivity contribution is 5.85. The van der Waals surface area contributed by atoms with Crippen LogP contribution < -0.4 is 4.74 Å². The molecule has 0 radical (unpaired) electrons. The molecule has 0 fully saturated rings. The first-order valence-electron chi connectivity index (χ1n) is 3.61. The summed E-state index contributed by atoms with van der Waals surface area (Å²) in [5.41, 5.74) is 0. The predicted molar refractivity (Wildman–Crippen MR) is 49.5 cm³/mol. The van der Waals surface area contributed by atoms with Gasteiger partial charge in [0.05, 0.1) is 6.61 Å². The third-order valence-corrected chi connectivity index (χ3v) is 1.22. The van der Waals surface area contributed by atoms with Gasteiger partial charge in [0.25, 0.3) is 0 Å². The Morgan fingerprint density at radius 1 is 1.18 bits per heavy atom. The molecule has 0 aliphatic rings. The van der Waals surface area contributed by atoms with Crippen molar-refractivity contribution in [1.29, 1.82) is 0 Å². The van der Waals surface area contributed by atoms with Crippen molar-refractivity contribution >= 4 is 12.4 Å². The lowest BCUT2D eigenvalue weighted by molar-refractivity contribution is 0.317. The normalized spacial score (nSPS) is 8.45. The SMILES string of the molecule is CCCOc1ccccc1.Cl. The van der Waals surface area contributed by atoms with E-state index in [-0.39, 0.29) is 12.4 Å². The van der Waals surface area contributed by atoms with Crippen molar-refractivity contribution in [2.75, 3.05) is 6.61 Å². The average molecular weight is 173 g/mol. The van der Waals surface area contributed by atoms with E-state index in [2.05, 4.69) is 6.92 Å². The zero-order valence-electron chi connectivity index (χ0n) is 6.62. The van der Waals surface area contributed by atoms with E-state index in [1.165, 1.54) is 0 Å². The maximum absolute atomic E-state index is 5.36. The van der Waals surface area contributed by atoms with Gasteiger partial charge in [0.2, 0.25) is 0 Å². The fraction of sp³-hybridized carbons (Fsp3) is 0.333. The van der Waals surface area contributed by atoms with Crippen LogP contribution in [0.15, 0.2) is 30.3 Å². The van der Waals surface area contributed by atoms with E-state index in [1.54, 1.807) is 0 Å². The fourth-order valence-corrected chi connectivity index (χ4v) is 0.737. The maximum atomic E-state index is 5.36. The zero-order chi connectivity index (χ0) is 7.23. The van der Waals surface area contributed by atoms with Crippen molar-refractivity contribution in [1.82, 2.24) is 0 Å². The molecule has 2 heteroatoms. The van der Waals surface area contributed by atoms with E-state index in [9.17, 15) is 0 Å². The first kappa shape index (κ1) is 10.3. The molecule has 0 bridgehead atoms. The van der Waals surface area contributed by atoms with Gasteiger partial charge in [0, 0.05) is 0 Å². The number of hydrogen-bond acceptors (Lipinski definition) is 1. The summed E-state index contributed by atoms with van der Waals surface area (Å²) in [4.78, 5) is 0. The second-order valence-corrected chi connectivity index (χ2v) is 2.16. The second kappa shape index (κ2) is 6.05. The standard InChI is InChI=1S/C9H12O.ClH/c1-2-8-10-9-6-4-3-5-7-9;/h3-7H,2,8H2,1H3;1H. The van der Waals surface area contributed by atoms with Crippen molar-refractivity contribution < 1.29 is 4.74 Å². The Morgan fingerprint density at radius 2 is 1.82 bits per heavy atom. The Kier molecular flexibility index (Phi) is 5.67. The minimum atomic E-state index is 0. The summed E-state index contributed by atoms with van der Waals surface area (Å²) < 4.78 is 5.36. The summed E-state index contributed by atoms with van der Waals surface area (Å²) >= 11 is 0. The predicted octanol–water partition coefficient (Wildman–Crippen LogP) is 2.90. The van der Waals surface area contributed by atoms with Crippen molar-refractivity contribution in [2.45, 2.75) is 13.3 Å². The first-order valence-corrected chi connectivity index (χ1v) is 3.61. The molecule has 1 aromatic carbocycles. The number of benzene rings is 1. The topological polar surface area (TPSA) is 9.23 Å². The van der Waals surface area contributed by atoms with Gasteiger partial charge in [-0.25, -0.2) is 0 Å². The maximum Gasteiger partial charge on any atom is 0.119 e. The molecular weight excluding hydrogens is 160 g/mol. The summed E-state index contributed by atoms with van der Waals surface area (Å²) in [6.07, 6.45) is 1.06. The smallest absolute Gasteiger partial charge is 0.119 e. The molecule has 0 heterocycles. The number of hydrogen-bond donors (Lipinski definition) is 0. The molecule has 0 unspecified atom stereocenters. The summed E-state index contributed by atoms with van der Waals surface area (Å²) in [6.45, 7) is 2.91. The molecular formula is C9H13ClO.